The number of nitrogens with zero attached hydrogens (tertiary/aromatic N) is 3. The molecule has 3 nitrogen and oxygen atoms in total. The lowest BCUT2D eigenvalue weighted by molar-refractivity contribution is 0.196. The van der Waals surface area contributed by atoms with E-state index in [2.05, 4.69) is 14.9 Å². The van der Waals surface area contributed by atoms with Crippen LogP contribution in [0.4, 0.5) is 8.78 Å². The molecule has 110 valence electrons. The van der Waals surface area contributed by atoms with Crippen molar-refractivity contribution in [1.29, 1.82) is 0 Å². The molecule has 1 saturated heterocycles. The normalized spacial score (nSPS) is 19.6. The van der Waals surface area contributed by atoms with Gasteiger partial charge in [0.1, 0.15) is 18.0 Å². The minimum atomic E-state index is -0.393. The van der Waals surface area contributed by atoms with E-state index in [1.54, 1.807) is 12.5 Å². The highest BCUT2D eigenvalue weighted by molar-refractivity contribution is 5.19. The minimum Gasteiger partial charge on any atom is -0.298 e. The zero-order valence-corrected chi connectivity index (χ0v) is 11.7. The molecule has 1 aliphatic heterocycles. The van der Waals surface area contributed by atoms with Gasteiger partial charge in [-0.3, -0.25) is 4.90 Å². The Morgan fingerprint density at radius 1 is 1.24 bits per heavy atom. The molecule has 0 spiro atoms. The molecule has 1 atom stereocenters. The van der Waals surface area contributed by atoms with Gasteiger partial charge < -0.3 is 0 Å². The summed E-state index contributed by atoms with van der Waals surface area (Å²) in [6.45, 7) is 2.15. The topological polar surface area (TPSA) is 29.0 Å². The van der Waals surface area contributed by atoms with Crippen molar-refractivity contribution in [2.24, 2.45) is 0 Å². The summed E-state index contributed by atoms with van der Waals surface area (Å²) in [6.07, 6.45) is 5.40. The van der Waals surface area contributed by atoms with Gasteiger partial charge in [0.25, 0.3) is 0 Å². The lowest BCUT2D eigenvalue weighted by Gasteiger charge is -2.32. The van der Waals surface area contributed by atoms with Gasteiger partial charge in [-0.25, -0.2) is 18.7 Å². The third kappa shape index (κ3) is 3.42. The van der Waals surface area contributed by atoms with Crippen LogP contribution in [-0.2, 0) is 6.54 Å². The lowest BCUT2D eigenvalue weighted by atomic mass is 9.94. The van der Waals surface area contributed by atoms with Crippen LogP contribution in [0.1, 0.15) is 30.0 Å². The van der Waals surface area contributed by atoms with Crippen LogP contribution >= 0.6 is 0 Å². The standard InChI is InChI=1S/C16H17F2N3/c17-14-3-4-15(18)13(8-14)10-21-7-1-2-12(9-21)16-5-6-19-11-20-16/h3-6,8,11-12H,1-2,7,9-10H2/t12-/m0/s1. The van der Waals surface area contributed by atoms with Crippen molar-refractivity contribution in [1.82, 2.24) is 14.9 Å². The zero-order chi connectivity index (χ0) is 14.7. The number of hydrogen-bond donors (Lipinski definition) is 0. The molecule has 0 unspecified atom stereocenters. The molecule has 0 bridgehead atoms. The smallest absolute Gasteiger partial charge is 0.127 e. The molecule has 1 fully saturated rings. The van der Waals surface area contributed by atoms with E-state index < -0.39 is 5.82 Å². The van der Waals surface area contributed by atoms with Gasteiger partial charge in [0.2, 0.25) is 0 Å². The predicted octanol–water partition coefficient (Wildman–Crippen LogP) is 3.13. The molecule has 0 saturated carbocycles. The molecule has 2 aromatic rings. The molecule has 0 amide bonds. The van der Waals surface area contributed by atoms with Crippen LogP contribution < -0.4 is 0 Å². The molecular formula is C16H17F2N3. The van der Waals surface area contributed by atoms with Crippen LogP contribution in [-0.4, -0.2) is 28.0 Å². The summed E-state index contributed by atoms with van der Waals surface area (Å²) in [7, 11) is 0. The van der Waals surface area contributed by atoms with Gasteiger partial charge in [0.05, 0.1) is 0 Å². The monoisotopic (exact) mass is 289 g/mol. The number of benzene rings is 1. The fraction of sp³-hybridized carbons (Fsp3) is 0.375. The van der Waals surface area contributed by atoms with Gasteiger partial charge in [-0.05, 0) is 43.7 Å². The highest BCUT2D eigenvalue weighted by Gasteiger charge is 2.23. The van der Waals surface area contributed by atoms with Crippen LogP contribution in [0.3, 0.4) is 0 Å². The largest absolute Gasteiger partial charge is 0.298 e. The van der Waals surface area contributed by atoms with Crippen molar-refractivity contribution in [3.63, 3.8) is 0 Å². The molecule has 2 heterocycles. The second-order valence-corrected chi connectivity index (χ2v) is 5.44. The van der Waals surface area contributed by atoms with Crippen LogP contribution in [0, 0.1) is 11.6 Å². The molecule has 0 aliphatic carbocycles. The number of halogens is 2. The van der Waals surface area contributed by atoms with E-state index in [1.807, 2.05) is 6.07 Å². The zero-order valence-electron chi connectivity index (χ0n) is 11.7. The first-order valence-corrected chi connectivity index (χ1v) is 7.14. The molecule has 0 radical (unpaired) electrons. The van der Waals surface area contributed by atoms with E-state index in [0.29, 0.717) is 18.0 Å². The molecule has 1 aromatic carbocycles. The maximum absolute atomic E-state index is 13.7. The Morgan fingerprint density at radius 3 is 2.95 bits per heavy atom. The minimum absolute atomic E-state index is 0.332. The van der Waals surface area contributed by atoms with E-state index in [1.165, 1.54) is 12.1 Å². The highest BCUT2D eigenvalue weighted by Crippen LogP contribution is 2.26. The van der Waals surface area contributed by atoms with Gasteiger partial charge in [-0.2, -0.15) is 0 Å². The van der Waals surface area contributed by atoms with Crippen molar-refractivity contribution < 1.29 is 8.78 Å². The Balaban J connectivity index is 1.70. The predicted molar refractivity (Wildman–Crippen MR) is 75.6 cm³/mol. The first-order valence-electron chi connectivity index (χ1n) is 7.14. The van der Waals surface area contributed by atoms with Crippen molar-refractivity contribution in [3.8, 4) is 0 Å². The SMILES string of the molecule is Fc1ccc(F)c(CN2CCC[C@H](c3ccncn3)C2)c1. The molecule has 21 heavy (non-hydrogen) atoms. The first-order chi connectivity index (χ1) is 10.2. The van der Waals surface area contributed by atoms with Crippen LogP contribution in [0.5, 0.6) is 0 Å². The molecule has 1 aromatic heterocycles. The number of likely N-dealkylation sites (tertiary alicyclic amines) is 1. The maximum Gasteiger partial charge on any atom is 0.127 e. The summed E-state index contributed by atoms with van der Waals surface area (Å²) in [6, 6.07) is 5.55. The Morgan fingerprint density at radius 2 is 2.14 bits per heavy atom. The average Bonchev–Trinajstić information content (AvgIpc) is 2.52. The van der Waals surface area contributed by atoms with E-state index in [-0.39, 0.29) is 5.82 Å². The summed E-state index contributed by atoms with van der Waals surface area (Å²) >= 11 is 0. The summed E-state index contributed by atoms with van der Waals surface area (Å²) < 4.78 is 27.0. The van der Waals surface area contributed by atoms with E-state index in [4.69, 9.17) is 0 Å². The van der Waals surface area contributed by atoms with Gasteiger partial charge in [0.15, 0.2) is 0 Å². The second kappa shape index (κ2) is 6.26. The summed E-state index contributed by atoms with van der Waals surface area (Å²) in [5.74, 6) is -0.408. The Hall–Kier alpha value is -1.88. The van der Waals surface area contributed by atoms with Crippen LogP contribution in [0.2, 0.25) is 0 Å². The van der Waals surface area contributed by atoms with Gasteiger partial charge >= 0.3 is 0 Å². The lowest BCUT2D eigenvalue weighted by Crippen LogP contribution is -2.34. The van der Waals surface area contributed by atoms with Crippen molar-refractivity contribution >= 4 is 0 Å². The first kappa shape index (κ1) is 14.1. The summed E-state index contributed by atoms with van der Waals surface area (Å²) in [5, 5.41) is 0. The Labute approximate surface area is 122 Å². The maximum atomic E-state index is 13.7. The highest BCUT2D eigenvalue weighted by atomic mass is 19.1. The quantitative estimate of drug-likeness (QED) is 0.869. The fourth-order valence-electron chi connectivity index (χ4n) is 2.89. The van der Waals surface area contributed by atoms with Crippen molar-refractivity contribution in [2.45, 2.75) is 25.3 Å². The fourth-order valence-corrected chi connectivity index (χ4v) is 2.89. The van der Waals surface area contributed by atoms with E-state index >= 15 is 0 Å². The average molecular weight is 289 g/mol. The molecule has 0 N–H and O–H groups in total. The van der Waals surface area contributed by atoms with Gasteiger partial charge in [-0.1, -0.05) is 0 Å². The molecule has 1 aliphatic rings. The number of piperidine rings is 1. The van der Waals surface area contributed by atoms with Crippen LogP contribution in [0.25, 0.3) is 0 Å². The summed E-state index contributed by atoms with van der Waals surface area (Å²) in [4.78, 5) is 10.4. The van der Waals surface area contributed by atoms with Gasteiger partial charge in [-0.15, -0.1) is 0 Å². The van der Waals surface area contributed by atoms with Gasteiger partial charge in [0, 0.05) is 36.5 Å². The second-order valence-electron chi connectivity index (χ2n) is 5.44. The Bertz CT molecular complexity index is 604. The van der Waals surface area contributed by atoms with E-state index in [0.717, 1.165) is 37.7 Å². The molecule has 3 rings (SSSR count). The third-order valence-corrected chi connectivity index (χ3v) is 3.93. The molecular weight excluding hydrogens is 272 g/mol. The van der Waals surface area contributed by atoms with E-state index in [9.17, 15) is 8.78 Å². The summed E-state index contributed by atoms with van der Waals surface area (Å²) in [5.41, 5.74) is 1.44. The number of hydrogen-bond acceptors (Lipinski definition) is 3. The van der Waals surface area contributed by atoms with Crippen LogP contribution in [0.15, 0.2) is 36.8 Å². The number of aromatic nitrogens is 2. The number of rotatable bonds is 3. The van der Waals surface area contributed by atoms with Crippen molar-refractivity contribution in [3.05, 3.63) is 59.7 Å². The molecule has 5 heteroatoms. The third-order valence-electron chi connectivity index (χ3n) is 3.93. The van der Waals surface area contributed by atoms with Crippen molar-refractivity contribution in [2.75, 3.05) is 13.1 Å². The Kier molecular flexibility index (Phi) is 4.20.